The molecular formula is C39H52F2. The second-order valence-electron chi connectivity index (χ2n) is 9.49. The molecule has 0 N–H and O–H groups in total. The van der Waals surface area contributed by atoms with E-state index in [2.05, 4.69) is 50.2 Å². The Hall–Kier alpha value is -3.26. The maximum Gasteiger partial charge on any atom is 0.299 e. The van der Waals surface area contributed by atoms with E-state index >= 15 is 0 Å². The third kappa shape index (κ3) is 8.15. The molecule has 0 bridgehead atoms. The first-order chi connectivity index (χ1) is 19.7. The van der Waals surface area contributed by atoms with Crippen LogP contribution in [-0.4, -0.2) is 0 Å². The van der Waals surface area contributed by atoms with Gasteiger partial charge in [0.15, 0.2) is 0 Å². The van der Waals surface area contributed by atoms with Crippen molar-refractivity contribution in [1.29, 1.82) is 0 Å². The first-order valence-electron chi connectivity index (χ1n) is 15.5. The summed E-state index contributed by atoms with van der Waals surface area (Å²) in [7, 11) is 0. The summed E-state index contributed by atoms with van der Waals surface area (Å²) in [6.45, 7) is 24.0. The highest BCUT2D eigenvalue weighted by atomic mass is 19.3. The summed E-state index contributed by atoms with van der Waals surface area (Å²) in [5.41, 5.74) is 12.0. The van der Waals surface area contributed by atoms with Crippen LogP contribution in [-0.2, 0) is 18.8 Å². The van der Waals surface area contributed by atoms with Crippen LogP contribution in [0.25, 0.3) is 22.3 Å². The van der Waals surface area contributed by atoms with E-state index in [1.54, 1.807) is 24.3 Å². The SMILES string of the molecule is CC.CC.CC.CC.Cc1ccc2c(c1)C(F)(F)c1cc(C)ccc1-2.Cc1ccc2c(c1)CCc1cc(C)ccc1-2. The Morgan fingerprint density at radius 3 is 1.00 bits per heavy atom. The predicted molar refractivity (Wildman–Crippen MR) is 178 cm³/mol. The number of rotatable bonds is 0. The van der Waals surface area contributed by atoms with Gasteiger partial charge in [-0.15, -0.1) is 0 Å². The van der Waals surface area contributed by atoms with Gasteiger partial charge in [-0.05, 0) is 86.1 Å². The molecule has 2 heteroatoms. The van der Waals surface area contributed by atoms with Gasteiger partial charge in [-0.3, -0.25) is 0 Å². The number of alkyl halides is 2. The van der Waals surface area contributed by atoms with Crippen LogP contribution in [0.5, 0.6) is 0 Å². The number of halogens is 2. The molecule has 0 fully saturated rings. The van der Waals surface area contributed by atoms with Crippen molar-refractivity contribution in [3.63, 3.8) is 0 Å². The Bertz CT molecular complexity index is 1270. The maximum atomic E-state index is 14.3. The van der Waals surface area contributed by atoms with Crippen LogP contribution >= 0.6 is 0 Å². The summed E-state index contributed by atoms with van der Waals surface area (Å²) in [6, 6.07) is 24.2. The van der Waals surface area contributed by atoms with Gasteiger partial charge in [0.05, 0.1) is 0 Å². The Labute approximate surface area is 249 Å². The molecule has 6 rings (SSSR count). The molecular weight excluding hydrogens is 506 g/mol. The molecule has 0 atom stereocenters. The fraction of sp³-hybridized carbons (Fsp3) is 0.385. The van der Waals surface area contributed by atoms with Crippen molar-refractivity contribution >= 4 is 0 Å². The molecule has 0 nitrogen and oxygen atoms in total. The number of fused-ring (bicyclic) bond motifs is 6. The lowest BCUT2D eigenvalue weighted by molar-refractivity contribution is 0.0479. The van der Waals surface area contributed by atoms with E-state index in [1.807, 2.05) is 81.4 Å². The zero-order valence-corrected chi connectivity index (χ0v) is 27.6. The van der Waals surface area contributed by atoms with Gasteiger partial charge in [0, 0.05) is 11.1 Å². The van der Waals surface area contributed by atoms with Gasteiger partial charge in [-0.1, -0.05) is 138 Å². The summed E-state index contributed by atoms with van der Waals surface area (Å²) < 4.78 is 28.6. The van der Waals surface area contributed by atoms with E-state index < -0.39 is 5.92 Å². The number of benzene rings is 4. The van der Waals surface area contributed by atoms with Gasteiger partial charge in [0.2, 0.25) is 0 Å². The molecule has 0 saturated carbocycles. The topological polar surface area (TPSA) is 0 Å². The summed E-state index contributed by atoms with van der Waals surface area (Å²) in [4.78, 5) is 0. The maximum absolute atomic E-state index is 14.3. The molecule has 222 valence electrons. The van der Waals surface area contributed by atoms with Crippen LogP contribution < -0.4 is 0 Å². The summed E-state index contributed by atoms with van der Waals surface area (Å²) in [5.74, 6) is -2.86. The second-order valence-corrected chi connectivity index (χ2v) is 9.49. The van der Waals surface area contributed by atoms with Crippen molar-refractivity contribution in [3.05, 3.63) is 117 Å². The third-order valence-corrected chi connectivity index (χ3v) is 6.79. The Morgan fingerprint density at radius 1 is 0.415 bits per heavy atom. The van der Waals surface area contributed by atoms with E-state index in [0.717, 1.165) is 11.1 Å². The minimum absolute atomic E-state index is 0.137. The largest absolute Gasteiger partial charge is 0.299 e. The monoisotopic (exact) mass is 558 g/mol. The summed E-state index contributed by atoms with van der Waals surface area (Å²) in [5, 5.41) is 0. The fourth-order valence-electron chi connectivity index (χ4n) is 5.10. The Kier molecular flexibility index (Phi) is 14.7. The third-order valence-electron chi connectivity index (χ3n) is 6.79. The first-order valence-corrected chi connectivity index (χ1v) is 15.5. The van der Waals surface area contributed by atoms with Crippen molar-refractivity contribution in [2.24, 2.45) is 0 Å². The quantitative estimate of drug-likeness (QED) is 0.201. The average molecular weight is 559 g/mol. The average Bonchev–Trinajstić information content (AvgIpc) is 3.22. The van der Waals surface area contributed by atoms with Gasteiger partial charge in [-0.2, -0.15) is 8.78 Å². The highest BCUT2D eigenvalue weighted by Gasteiger charge is 2.44. The van der Waals surface area contributed by atoms with Crippen LogP contribution in [0, 0.1) is 27.7 Å². The van der Waals surface area contributed by atoms with Gasteiger partial charge in [0.1, 0.15) is 0 Å². The first kappa shape index (κ1) is 35.8. The number of hydrogen-bond acceptors (Lipinski definition) is 0. The minimum atomic E-state index is -2.86. The van der Waals surface area contributed by atoms with Gasteiger partial charge in [0.25, 0.3) is 5.92 Å². The van der Waals surface area contributed by atoms with E-state index in [-0.39, 0.29) is 11.1 Å². The standard InChI is InChI=1S/C16H16.C15H12F2.4C2H6/c1-11-3-7-15-13(9-11)5-6-14-10-12(2)4-8-16(14)15;1-9-3-5-11-12-6-4-10(2)8-14(12)15(16,17)13(11)7-9;4*1-2/h3-4,7-10H,5-6H2,1-2H3;3-8H,1-2H3;4*1-2H3. The minimum Gasteiger partial charge on any atom is -0.196 e. The lowest BCUT2D eigenvalue weighted by Gasteiger charge is -2.20. The fourth-order valence-corrected chi connectivity index (χ4v) is 5.10. The second kappa shape index (κ2) is 16.9. The molecule has 0 unspecified atom stereocenters. The molecule has 0 radical (unpaired) electrons. The van der Waals surface area contributed by atoms with Gasteiger partial charge in [-0.25, -0.2) is 0 Å². The molecule has 2 aliphatic carbocycles. The molecule has 0 aliphatic heterocycles. The smallest absolute Gasteiger partial charge is 0.196 e. The van der Waals surface area contributed by atoms with Crippen LogP contribution in [0.2, 0.25) is 0 Å². The highest BCUT2D eigenvalue weighted by Crippen LogP contribution is 2.51. The molecule has 4 aromatic rings. The van der Waals surface area contributed by atoms with Crippen molar-refractivity contribution in [2.75, 3.05) is 0 Å². The van der Waals surface area contributed by atoms with Crippen LogP contribution in [0.4, 0.5) is 8.78 Å². The van der Waals surface area contributed by atoms with Crippen LogP contribution in [0.1, 0.15) is 99.9 Å². The van der Waals surface area contributed by atoms with E-state index in [4.69, 9.17) is 0 Å². The highest BCUT2D eigenvalue weighted by molar-refractivity contribution is 5.80. The predicted octanol–water partition coefficient (Wildman–Crippen LogP) is 12.6. The Balaban J connectivity index is 0.000000331. The van der Waals surface area contributed by atoms with E-state index in [0.29, 0.717) is 11.1 Å². The molecule has 2 aliphatic rings. The van der Waals surface area contributed by atoms with Crippen molar-refractivity contribution in [2.45, 2.75) is 102 Å². The summed E-state index contributed by atoms with van der Waals surface area (Å²) >= 11 is 0. The molecule has 4 aromatic carbocycles. The van der Waals surface area contributed by atoms with E-state index in [9.17, 15) is 8.78 Å². The lowest BCUT2D eigenvalue weighted by Crippen LogP contribution is -2.11. The molecule has 0 aromatic heterocycles. The van der Waals surface area contributed by atoms with Gasteiger partial charge < -0.3 is 0 Å². The van der Waals surface area contributed by atoms with Crippen molar-refractivity contribution in [1.82, 2.24) is 0 Å². The lowest BCUT2D eigenvalue weighted by atomic mass is 9.84. The zero-order chi connectivity index (χ0) is 31.3. The molecule has 0 saturated heterocycles. The molecule has 0 spiro atoms. The molecule has 41 heavy (non-hydrogen) atoms. The number of hydrogen-bond donors (Lipinski definition) is 0. The molecule has 0 heterocycles. The number of aryl methyl sites for hydroxylation is 6. The normalized spacial score (nSPS) is 12.1. The Morgan fingerprint density at radius 2 is 0.683 bits per heavy atom. The van der Waals surface area contributed by atoms with E-state index in [1.165, 1.54) is 46.2 Å². The zero-order valence-electron chi connectivity index (χ0n) is 27.6. The molecule has 0 amide bonds. The van der Waals surface area contributed by atoms with Crippen molar-refractivity contribution in [3.8, 4) is 22.3 Å². The van der Waals surface area contributed by atoms with Crippen LogP contribution in [0.15, 0.2) is 72.8 Å². The van der Waals surface area contributed by atoms with Crippen molar-refractivity contribution < 1.29 is 8.78 Å². The van der Waals surface area contributed by atoms with Crippen LogP contribution in [0.3, 0.4) is 0 Å². The van der Waals surface area contributed by atoms with Gasteiger partial charge >= 0.3 is 0 Å². The summed E-state index contributed by atoms with van der Waals surface area (Å²) in [6.07, 6.45) is 2.38.